The van der Waals surface area contributed by atoms with Crippen LogP contribution < -0.4 is 0 Å². The van der Waals surface area contributed by atoms with E-state index in [1.54, 1.807) is 12.3 Å². The van der Waals surface area contributed by atoms with Crippen LogP contribution >= 0.6 is 0 Å². The summed E-state index contributed by atoms with van der Waals surface area (Å²) in [5.74, 6) is -2.02. The van der Waals surface area contributed by atoms with Crippen molar-refractivity contribution < 1.29 is 32.6 Å². The lowest BCUT2D eigenvalue weighted by molar-refractivity contribution is -0.144. The average Bonchev–Trinajstić information content (AvgIpc) is 3.57. The third-order valence-electron chi connectivity index (χ3n) is 8.03. The predicted octanol–water partition coefficient (Wildman–Crippen LogP) is 5.32. The molecule has 2 aliphatic rings. The number of likely N-dealkylation sites (tertiary alicyclic amines) is 1. The number of fused-ring (bicyclic) bond motifs is 2. The molecular formula is C30H29F2N3O5. The summed E-state index contributed by atoms with van der Waals surface area (Å²) < 4.78 is 41.7. The summed E-state index contributed by atoms with van der Waals surface area (Å²) in [5, 5.41) is 11.0. The number of halogens is 2. The third kappa shape index (κ3) is 5.15. The highest BCUT2D eigenvalue weighted by molar-refractivity contribution is 5.93. The first-order chi connectivity index (χ1) is 19.4. The lowest BCUT2D eigenvalue weighted by atomic mass is 9.87. The van der Waals surface area contributed by atoms with Crippen molar-refractivity contribution in [3.05, 3.63) is 60.0 Å². The number of carboxylic acids is 1. The number of pyridine rings is 1. The summed E-state index contributed by atoms with van der Waals surface area (Å²) in [6, 6.07) is 12.1. The van der Waals surface area contributed by atoms with Crippen molar-refractivity contribution in [1.29, 1.82) is 0 Å². The molecule has 3 heterocycles. The molecule has 0 spiro atoms. The van der Waals surface area contributed by atoms with E-state index in [2.05, 4.69) is 9.97 Å². The van der Waals surface area contributed by atoms with Gasteiger partial charge in [-0.15, -0.1) is 0 Å². The molecule has 1 aliphatic heterocycles. The lowest BCUT2D eigenvalue weighted by Gasteiger charge is -2.29. The number of ether oxygens (including phenoxy) is 1. The minimum atomic E-state index is -1.18. The van der Waals surface area contributed by atoms with Crippen molar-refractivity contribution >= 4 is 33.7 Å². The second kappa shape index (κ2) is 10.9. The van der Waals surface area contributed by atoms with Gasteiger partial charge in [0.15, 0.2) is 11.4 Å². The van der Waals surface area contributed by atoms with E-state index in [9.17, 15) is 19.1 Å². The molecule has 1 amide bonds. The van der Waals surface area contributed by atoms with Crippen LogP contribution in [0.5, 0.6) is 0 Å². The Kier molecular flexibility index (Phi) is 7.18. The van der Waals surface area contributed by atoms with Crippen LogP contribution in [-0.4, -0.2) is 63.3 Å². The molecular weight excluding hydrogens is 520 g/mol. The van der Waals surface area contributed by atoms with Gasteiger partial charge in [0.2, 0.25) is 11.8 Å². The minimum Gasteiger partial charge on any atom is -0.481 e. The van der Waals surface area contributed by atoms with Crippen LogP contribution in [0.15, 0.2) is 53.1 Å². The maximum atomic E-state index is 15.5. The van der Waals surface area contributed by atoms with Crippen LogP contribution in [0.25, 0.3) is 33.5 Å². The fraction of sp³-hybridized carbons (Fsp3) is 0.400. The van der Waals surface area contributed by atoms with Gasteiger partial charge in [0, 0.05) is 23.6 Å². The van der Waals surface area contributed by atoms with Gasteiger partial charge in [-0.1, -0.05) is 30.3 Å². The zero-order valence-electron chi connectivity index (χ0n) is 21.8. The van der Waals surface area contributed by atoms with Gasteiger partial charge in [-0.25, -0.2) is 13.8 Å². The summed E-state index contributed by atoms with van der Waals surface area (Å²) in [5.41, 5.74) is 0.890. The standard InChI is InChI=1S/C30H29F2N3O5/c31-20-14-21(16-39-22-8-5-18(6-9-22)30(37)38)35(15-20)25(36)13-19-7-10-24-28(26(19)32)40-29(34-24)27-23-4-2-1-3-17(23)11-12-33-27/h1-4,7,10-12,18,20-22H,5-6,8-9,13-16H2,(H,37,38)/t18-,20-,21-,22-/m0/s1. The normalized spacial score (nSPS) is 23.2. The van der Waals surface area contributed by atoms with Crippen molar-refractivity contribution in [2.75, 3.05) is 13.2 Å². The van der Waals surface area contributed by atoms with Crippen molar-refractivity contribution in [1.82, 2.24) is 14.9 Å². The fourth-order valence-corrected chi connectivity index (χ4v) is 5.84. The molecule has 6 rings (SSSR count). The number of rotatable bonds is 7. The van der Waals surface area contributed by atoms with Crippen LogP contribution in [0.3, 0.4) is 0 Å². The predicted molar refractivity (Wildman–Crippen MR) is 143 cm³/mol. The molecule has 8 nitrogen and oxygen atoms in total. The van der Waals surface area contributed by atoms with Gasteiger partial charge in [0.1, 0.15) is 17.4 Å². The Hall–Kier alpha value is -3.92. The molecule has 2 aromatic heterocycles. The van der Waals surface area contributed by atoms with Crippen molar-refractivity contribution in [3.8, 4) is 11.6 Å². The maximum Gasteiger partial charge on any atom is 0.306 e. The number of carboxylic acid groups (broad SMARTS) is 1. The number of aromatic nitrogens is 2. The van der Waals surface area contributed by atoms with E-state index in [-0.39, 0.29) is 55.1 Å². The Balaban J connectivity index is 1.16. The summed E-state index contributed by atoms with van der Waals surface area (Å²) in [4.78, 5) is 34.7. The minimum absolute atomic E-state index is 0.0586. The summed E-state index contributed by atoms with van der Waals surface area (Å²) in [6.45, 7) is 0.0985. The number of benzene rings is 2. The first kappa shape index (κ1) is 26.3. The van der Waals surface area contributed by atoms with E-state index in [0.29, 0.717) is 36.9 Å². The zero-order chi connectivity index (χ0) is 27.8. The van der Waals surface area contributed by atoms with E-state index in [1.165, 1.54) is 11.0 Å². The van der Waals surface area contributed by atoms with Crippen molar-refractivity contribution in [2.45, 2.75) is 56.8 Å². The maximum absolute atomic E-state index is 15.5. The average molecular weight is 550 g/mol. The molecule has 0 bridgehead atoms. The van der Waals surface area contributed by atoms with Crippen LogP contribution in [0.2, 0.25) is 0 Å². The van der Waals surface area contributed by atoms with Crippen molar-refractivity contribution in [2.24, 2.45) is 5.92 Å². The number of carbonyl (C=O) groups is 2. The molecule has 0 radical (unpaired) electrons. The largest absolute Gasteiger partial charge is 0.481 e. The Bertz CT molecular complexity index is 1560. The van der Waals surface area contributed by atoms with E-state index in [0.717, 1.165) is 10.8 Å². The van der Waals surface area contributed by atoms with Gasteiger partial charge < -0.3 is 19.2 Å². The number of nitrogens with zero attached hydrogens (tertiary/aromatic N) is 3. The molecule has 2 aromatic carbocycles. The lowest BCUT2D eigenvalue weighted by Crippen LogP contribution is -2.40. The van der Waals surface area contributed by atoms with Gasteiger partial charge in [-0.2, -0.15) is 0 Å². The molecule has 1 saturated heterocycles. The number of carbonyl (C=O) groups excluding carboxylic acids is 1. The smallest absolute Gasteiger partial charge is 0.306 e. The van der Waals surface area contributed by atoms with E-state index in [4.69, 9.17) is 9.15 Å². The summed E-state index contributed by atoms with van der Waals surface area (Å²) >= 11 is 0. The summed E-state index contributed by atoms with van der Waals surface area (Å²) in [7, 11) is 0. The number of hydrogen-bond donors (Lipinski definition) is 1. The summed E-state index contributed by atoms with van der Waals surface area (Å²) in [6.07, 6.45) is 2.58. The molecule has 2 atom stereocenters. The second-order valence-corrected chi connectivity index (χ2v) is 10.6. The van der Waals surface area contributed by atoms with E-state index in [1.807, 2.05) is 30.3 Å². The highest BCUT2D eigenvalue weighted by Gasteiger charge is 2.37. The third-order valence-corrected chi connectivity index (χ3v) is 8.03. The quantitative estimate of drug-likeness (QED) is 0.332. The van der Waals surface area contributed by atoms with Gasteiger partial charge in [0.25, 0.3) is 0 Å². The van der Waals surface area contributed by atoms with Crippen LogP contribution in [-0.2, 0) is 20.7 Å². The van der Waals surface area contributed by atoms with Gasteiger partial charge in [-0.3, -0.25) is 14.6 Å². The first-order valence-electron chi connectivity index (χ1n) is 13.6. The fourth-order valence-electron chi connectivity index (χ4n) is 5.84. The molecule has 4 aromatic rings. The van der Waals surface area contributed by atoms with Gasteiger partial charge in [-0.05, 0) is 43.2 Å². The van der Waals surface area contributed by atoms with E-state index < -0.39 is 29.9 Å². The first-order valence-corrected chi connectivity index (χ1v) is 13.6. The number of amides is 1. The van der Waals surface area contributed by atoms with Crippen LogP contribution in [0.1, 0.15) is 37.7 Å². The second-order valence-electron chi connectivity index (χ2n) is 10.6. The van der Waals surface area contributed by atoms with Crippen LogP contribution in [0, 0.1) is 11.7 Å². The molecule has 1 aliphatic carbocycles. The molecule has 40 heavy (non-hydrogen) atoms. The monoisotopic (exact) mass is 549 g/mol. The Morgan fingerprint density at radius 2 is 1.90 bits per heavy atom. The van der Waals surface area contributed by atoms with Gasteiger partial charge >= 0.3 is 5.97 Å². The molecule has 2 fully saturated rings. The molecule has 1 N–H and O–H groups in total. The highest BCUT2D eigenvalue weighted by Crippen LogP contribution is 2.32. The van der Waals surface area contributed by atoms with Gasteiger partial charge in [0.05, 0.1) is 37.6 Å². The number of alkyl halides is 1. The SMILES string of the molecule is O=C(Cc1ccc2nc(-c3nccc4ccccc34)oc2c1F)N1C[C@@H](F)C[C@H]1CO[C@H]1CC[C@H](C(=O)O)CC1. The van der Waals surface area contributed by atoms with Crippen LogP contribution in [0.4, 0.5) is 8.78 Å². The molecule has 208 valence electrons. The molecule has 10 heteroatoms. The molecule has 1 saturated carbocycles. The zero-order valence-corrected chi connectivity index (χ0v) is 21.8. The number of oxazole rings is 1. The number of hydrogen-bond acceptors (Lipinski definition) is 6. The topological polar surface area (TPSA) is 106 Å². The Morgan fingerprint density at radius 1 is 1.10 bits per heavy atom. The number of aliphatic carboxylic acids is 1. The Labute approximate surface area is 229 Å². The van der Waals surface area contributed by atoms with Crippen molar-refractivity contribution in [3.63, 3.8) is 0 Å². The Morgan fingerprint density at radius 3 is 2.70 bits per heavy atom. The molecule has 0 unspecified atom stereocenters. The van der Waals surface area contributed by atoms with E-state index >= 15 is 4.39 Å². The highest BCUT2D eigenvalue weighted by atomic mass is 19.1.